The molecule has 1 fully saturated rings. The third-order valence-electron chi connectivity index (χ3n) is 3.53. The van der Waals surface area contributed by atoms with Gasteiger partial charge in [-0.3, -0.25) is 14.4 Å². The molecule has 24 heavy (non-hydrogen) atoms. The highest BCUT2D eigenvalue weighted by molar-refractivity contribution is 8.00. The number of rotatable bonds is 5. The van der Waals surface area contributed by atoms with E-state index in [2.05, 4.69) is 5.32 Å². The molecule has 8 heteroatoms. The average molecular weight is 351 g/mol. The number of benzene rings is 1. The number of ether oxygens (including phenoxy) is 1. The summed E-state index contributed by atoms with van der Waals surface area (Å²) in [6.07, 6.45) is -0.739. The van der Waals surface area contributed by atoms with Crippen LogP contribution in [0.4, 0.5) is 5.69 Å². The fourth-order valence-corrected chi connectivity index (χ4v) is 3.30. The summed E-state index contributed by atoms with van der Waals surface area (Å²) >= 11 is 1.42. The second-order valence-corrected chi connectivity index (χ2v) is 6.93. The number of thioether (sulfide) groups is 1. The molecular weight excluding hydrogens is 330 g/mol. The molecule has 3 N–H and O–H groups in total. The Morgan fingerprint density at radius 1 is 1.33 bits per heavy atom. The summed E-state index contributed by atoms with van der Waals surface area (Å²) in [5.41, 5.74) is 5.95. The molecule has 0 aromatic heterocycles. The predicted molar refractivity (Wildman–Crippen MR) is 91.6 cm³/mol. The highest BCUT2D eigenvalue weighted by atomic mass is 32.2. The van der Waals surface area contributed by atoms with Crippen LogP contribution in [0.15, 0.2) is 29.2 Å². The third-order valence-corrected chi connectivity index (χ3v) is 4.63. The first-order valence-corrected chi connectivity index (χ1v) is 8.49. The summed E-state index contributed by atoms with van der Waals surface area (Å²) in [5.74, 6) is -0.739. The van der Waals surface area contributed by atoms with Crippen molar-refractivity contribution in [2.75, 3.05) is 25.0 Å². The van der Waals surface area contributed by atoms with E-state index < -0.39 is 12.0 Å². The van der Waals surface area contributed by atoms with Gasteiger partial charge in [-0.25, -0.2) is 0 Å². The molecule has 0 aliphatic carbocycles. The lowest BCUT2D eigenvalue weighted by molar-refractivity contribution is -0.144. The standard InChI is InChI=1S/C16H21N3O4S/c1-10(16(22)19-7-8-23-14(9-19)15(17)21)24-13-5-3-12(4-6-13)18-11(2)20/h3-6,10,14H,7-9H2,1-2H3,(H2,17,21)(H,18,20). The van der Waals surface area contributed by atoms with Crippen molar-refractivity contribution in [2.24, 2.45) is 5.73 Å². The number of carbonyl (C=O) groups excluding carboxylic acids is 3. The Hall–Kier alpha value is -2.06. The molecule has 0 bridgehead atoms. The quantitative estimate of drug-likeness (QED) is 0.766. The van der Waals surface area contributed by atoms with Gasteiger partial charge in [-0.05, 0) is 31.2 Å². The van der Waals surface area contributed by atoms with E-state index in [-0.39, 0.29) is 23.6 Å². The van der Waals surface area contributed by atoms with Crippen molar-refractivity contribution in [2.45, 2.75) is 30.1 Å². The van der Waals surface area contributed by atoms with E-state index >= 15 is 0 Å². The van der Waals surface area contributed by atoms with Gasteiger partial charge >= 0.3 is 0 Å². The zero-order valence-electron chi connectivity index (χ0n) is 13.7. The first-order valence-electron chi connectivity index (χ1n) is 7.61. The van der Waals surface area contributed by atoms with Gasteiger partial charge in [0.25, 0.3) is 0 Å². The van der Waals surface area contributed by atoms with Crippen LogP contribution in [0.1, 0.15) is 13.8 Å². The molecule has 2 atom stereocenters. The molecular formula is C16H21N3O4S. The Kier molecular flexibility index (Phi) is 6.22. The molecule has 1 aromatic carbocycles. The van der Waals surface area contributed by atoms with E-state index in [0.717, 1.165) is 4.90 Å². The highest BCUT2D eigenvalue weighted by Crippen LogP contribution is 2.26. The maximum atomic E-state index is 12.5. The van der Waals surface area contributed by atoms with Gasteiger partial charge in [-0.15, -0.1) is 11.8 Å². The monoisotopic (exact) mass is 351 g/mol. The van der Waals surface area contributed by atoms with Gasteiger partial charge < -0.3 is 20.7 Å². The topological polar surface area (TPSA) is 102 Å². The summed E-state index contributed by atoms with van der Waals surface area (Å²) in [5, 5.41) is 2.39. The van der Waals surface area contributed by atoms with Gasteiger partial charge in [0, 0.05) is 24.1 Å². The second-order valence-electron chi connectivity index (χ2n) is 5.51. The zero-order chi connectivity index (χ0) is 17.7. The number of hydrogen-bond donors (Lipinski definition) is 2. The summed E-state index contributed by atoms with van der Waals surface area (Å²) in [6.45, 7) is 4.23. The number of primary amides is 1. The number of nitrogens with zero attached hydrogens (tertiary/aromatic N) is 1. The van der Waals surface area contributed by atoms with E-state index in [9.17, 15) is 14.4 Å². The highest BCUT2D eigenvalue weighted by Gasteiger charge is 2.30. The minimum Gasteiger partial charge on any atom is -0.367 e. The molecule has 0 saturated carbocycles. The van der Waals surface area contributed by atoms with Crippen molar-refractivity contribution in [3.05, 3.63) is 24.3 Å². The SMILES string of the molecule is CC(=O)Nc1ccc(SC(C)C(=O)N2CCOC(C(N)=O)C2)cc1. The fraction of sp³-hybridized carbons (Fsp3) is 0.438. The van der Waals surface area contributed by atoms with E-state index in [4.69, 9.17) is 10.5 Å². The Bertz CT molecular complexity index is 620. The van der Waals surface area contributed by atoms with E-state index in [1.165, 1.54) is 18.7 Å². The van der Waals surface area contributed by atoms with E-state index in [1.807, 2.05) is 19.1 Å². The Morgan fingerprint density at radius 2 is 2.00 bits per heavy atom. The van der Waals surface area contributed by atoms with Crippen molar-refractivity contribution < 1.29 is 19.1 Å². The minimum atomic E-state index is -0.739. The maximum Gasteiger partial charge on any atom is 0.248 e. The van der Waals surface area contributed by atoms with Crippen molar-refractivity contribution >= 4 is 35.2 Å². The van der Waals surface area contributed by atoms with Gasteiger partial charge in [0.05, 0.1) is 18.4 Å². The van der Waals surface area contributed by atoms with Crippen LogP contribution in [0.25, 0.3) is 0 Å². The van der Waals surface area contributed by atoms with Gasteiger partial charge in [0.15, 0.2) is 6.10 Å². The van der Waals surface area contributed by atoms with Crippen LogP contribution >= 0.6 is 11.8 Å². The van der Waals surface area contributed by atoms with Crippen LogP contribution in [0.5, 0.6) is 0 Å². The molecule has 1 aliphatic heterocycles. The van der Waals surface area contributed by atoms with Crippen LogP contribution in [0.2, 0.25) is 0 Å². The Morgan fingerprint density at radius 3 is 2.58 bits per heavy atom. The predicted octanol–water partition coefficient (Wildman–Crippen LogP) is 0.838. The van der Waals surface area contributed by atoms with Crippen molar-refractivity contribution in [3.63, 3.8) is 0 Å². The number of morpholine rings is 1. The lowest BCUT2D eigenvalue weighted by Crippen LogP contribution is -2.52. The van der Waals surface area contributed by atoms with Gasteiger partial charge in [-0.1, -0.05) is 0 Å². The van der Waals surface area contributed by atoms with Crippen LogP contribution in [-0.2, 0) is 19.1 Å². The molecule has 0 radical (unpaired) electrons. The third kappa shape index (κ3) is 4.97. The fourth-order valence-electron chi connectivity index (χ4n) is 2.35. The number of carbonyl (C=O) groups is 3. The molecule has 1 heterocycles. The molecule has 1 aromatic rings. The molecule has 7 nitrogen and oxygen atoms in total. The summed E-state index contributed by atoms with van der Waals surface area (Å²) in [4.78, 5) is 37.3. The molecule has 1 aliphatic rings. The van der Waals surface area contributed by atoms with Crippen molar-refractivity contribution in [3.8, 4) is 0 Å². The lowest BCUT2D eigenvalue weighted by Gasteiger charge is -2.32. The van der Waals surface area contributed by atoms with Crippen molar-refractivity contribution in [1.29, 1.82) is 0 Å². The molecule has 130 valence electrons. The van der Waals surface area contributed by atoms with Gasteiger partial charge in [0.1, 0.15) is 0 Å². The smallest absolute Gasteiger partial charge is 0.248 e. The van der Waals surface area contributed by atoms with E-state index in [1.54, 1.807) is 17.0 Å². The number of nitrogens with two attached hydrogens (primary N) is 1. The molecule has 1 saturated heterocycles. The van der Waals surface area contributed by atoms with Crippen LogP contribution in [0, 0.1) is 0 Å². The van der Waals surface area contributed by atoms with Crippen LogP contribution < -0.4 is 11.1 Å². The average Bonchev–Trinajstić information content (AvgIpc) is 2.55. The Labute approximate surface area is 144 Å². The number of nitrogens with one attached hydrogen (secondary N) is 1. The molecule has 2 unspecified atom stereocenters. The minimum absolute atomic E-state index is 0.0551. The molecule has 3 amide bonds. The Balaban J connectivity index is 1.93. The molecule has 0 spiro atoms. The van der Waals surface area contributed by atoms with E-state index in [0.29, 0.717) is 18.8 Å². The number of hydrogen-bond acceptors (Lipinski definition) is 5. The number of anilines is 1. The molecule has 2 rings (SSSR count). The first kappa shape index (κ1) is 18.3. The zero-order valence-corrected chi connectivity index (χ0v) is 14.5. The lowest BCUT2D eigenvalue weighted by atomic mass is 10.2. The second kappa shape index (κ2) is 8.16. The van der Waals surface area contributed by atoms with Gasteiger partial charge in [0.2, 0.25) is 17.7 Å². The van der Waals surface area contributed by atoms with Crippen LogP contribution in [0.3, 0.4) is 0 Å². The maximum absolute atomic E-state index is 12.5. The summed E-state index contributed by atoms with van der Waals surface area (Å²) in [6, 6.07) is 7.29. The van der Waals surface area contributed by atoms with Crippen molar-refractivity contribution in [1.82, 2.24) is 4.90 Å². The first-order chi connectivity index (χ1) is 11.4. The number of amides is 3. The largest absolute Gasteiger partial charge is 0.367 e. The summed E-state index contributed by atoms with van der Waals surface area (Å²) in [7, 11) is 0. The normalized spacial score (nSPS) is 18.8. The summed E-state index contributed by atoms with van der Waals surface area (Å²) < 4.78 is 5.25. The van der Waals surface area contributed by atoms with Crippen LogP contribution in [-0.4, -0.2) is 53.7 Å². The van der Waals surface area contributed by atoms with Gasteiger partial charge in [-0.2, -0.15) is 0 Å².